The lowest BCUT2D eigenvalue weighted by atomic mass is 10.1. The maximum absolute atomic E-state index is 11.0. The fourth-order valence-electron chi connectivity index (χ4n) is 1.63. The predicted octanol–water partition coefficient (Wildman–Crippen LogP) is 0.949. The van der Waals surface area contributed by atoms with Crippen LogP contribution in [-0.2, 0) is 0 Å². The van der Waals surface area contributed by atoms with Gasteiger partial charge in [0, 0.05) is 5.69 Å². The first-order valence-corrected chi connectivity index (χ1v) is 4.66. The molecule has 1 aromatic heterocycles. The highest BCUT2D eigenvalue weighted by Gasteiger charge is 2.28. The van der Waals surface area contributed by atoms with E-state index in [9.17, 15) is 4.79 Å². The summed E-state index contributed by atoms with van der Waals surface area (Å²) in [7, 11) is 0. The third-order valence-electron chi connectivity index (χ3n) is 2.47. The van der Waals surface area contributed by atoms with Crippen LogP contribution < -0.4 is 11.5 Å². The maximum atomic E-state index is 11.0. The number of hydrogen-bond acceptors (Lipinski definition) is 3. The second-order valence-corrected chi connectivity index (χ2v) is 3.75. The number of nitrogen functional groups attached to an aromatic ring is 1. The summed E-state index contributed by atoms with van der Waals surface area (Å²) >= 11 is 0. The zero-order valence-corrected chi connectivity index (χ0v) is 8.08. The summed E-state index contributed by atoms with van der Waals surface area (Å²) < 4.78 is 0. The van der Waals surface area contributed by atoms with Crippen molar-refractivity contribution < 1.29 is 4.79 Å². The van der Waals surface area contributed by atoms with Gasteiger partial charge in [0.05, 0.1) is 5.69 Å². The van der Waals surface area contributed by atoms with E-state index in [1.165, 1.54) is 0 Å². The number of nitrogens with two attached hydrogens (primary N) is 2. The number of hydrogen-bond donors (Lipinski definition) is 2. The molecule has 0 saturated heterocycles. The van der Waals surface area contributed by atoms with Gasteiger partial charge in [-0.3, -0.25) is 4.79 Å². The fraction of sp³-hybridized carbons (Fsp3) is 0.400. The Balaban J connectivity index is 2.55. The van der Waals surface area contributed by atoms with Crippen molar-refractivity contribution in [3.63, 3.8) is 0 Å². The Kier molecular flexibility index (Phi) is 1.91. The molecule has 0 aliphatic heterocycles. The Morgan fingerprint density at radius 2 is 2.21 bits per heavy atom. The van der Waals surface area contributed by atoms with Crippen molar-refractivity contribution in [3.05, 3.63) is 23.0 Å². The molecule has 0 atom stereocenters. The minimum Gasteiger partial charge on any atom is -0.397 e. The molecule has 0 unspecified atom stereocenters. The van der Waals surface area contributed by atoms with Gasteiger partial charge in [-0.05, 0) is 37.3 Å². The molecule has 2 rings (SSSR count). The first kappa shape index (κ1) is 8.99. The summed E-state index contributed by atoms with van der Waals surface area (Å²) in [6, 6.07) is 1.94. The zero-order valence-electron chi connectivity index (χ0n) is 8.08. The number of anilines is 1. The van der Waals surface area contributed by atoms with Crippen LogP contribution in [0.4, 0.5) is 5.69 Å². The predicted molar refractivity (Wildman–Crippen MR) is 53.9 cm³/mol. The van der Waals surface area contributed by atoms with Gasteiger partial charge in [0.2, 0.25) is 0 Å². The molecule has 4 N–H and O–H groups in total. The number of aromatic nitrogens is 1. The number of carbonyl (C=O) groups excluding carboxylic acids is 1. The molecule has 1 aliphatic rings. The van der Waals surface area contributed by atoms with Crippen molar-refractivity contribution in [1.29, 1.82) is 0 Å². The van der Waals surface area contributed by atoms with Crippen molar-refractivity contribution in [2.75, 3.05) is 5.73 Å². The normalized spacial score (nSPS) is 15.5. The van der Waals surface area contributed by atoms with Gasteiger partial charge < -0.3 is 11.5 Å². The average molecular weight is 191 g/mol. The smallest absolute Gasteiger partial charge is 0.269 e. The molecule has 4 nitrogen and oxygen atoms in total. The molecule has 1 heterocycles. The molecular weight excluding hydrogens is 178 g/mol. The van der Waals surface area contributed by atoms with E-state index in [-0.39, 0.29) is 5.69 Å². The second kappa shape index (κ2) is 2.97. The zero-order chi connectivity index (χ0) is 10.3. The van der Waals surface area contributed by atoms with Crippen molar-refractivity contribution in [2.24, 2.45) is 5.73 Å². The van der Waals surface area contributed by atoms with E-state index in [0.29, 0.717) is 11.6 Å². The number of pyridine rings is 1. The molecular formula is C10H13N3O. The quantitative estimate of drug-likeness (QED) is 0.730. The van der Waals surface area contributed by atoms with Crippen molar-refractivity contribution in [3.8, 4) is 0 Å². The van der Waals surface area contributed by atoms with E-state index in [1.807, 2.05) is 13.0 Å². The maximum Gasteiger partial charge on any atom is 0.269 e. The lowest BCUT2D eigenvalue weighted by molar-refractivity contribution is 0.0996. The summed E-state index contributed by atoms with van der Waals surface area (Å²) in [6.07, 6.45) is 2.29. The Morgan fingerprint density at radius 1 is 1.57 bits per heavy atom. The molecule has 1 amide bonds. The minimum absolute atomic E-state index is 0.215. The van der Waals surface area contributed by atoms with Gasteiger partial charge in [-0.1, -0.05) is 0 Å². The first-order chi connectivity index (χ1) is 6.59. The second-order valence-electron chi connectivity index (χ2n) is 3.75. The van der Waals surface area contributed by atoms with E-state index in [1.54, 1.807) is 0 Å². The van der Waals surface area contributed by atoms with E-state index in [0.717, 1.165) is 24.1 Å². The molecule has 4 heteroatoms. The molecule has 74 valence electrons. The molecule has 1 aromatic rings. The van der Waals surface area contributed by atoms with Gasteiger partial charge in [0.1, 0.15) is 0 Å². The van der Waals surface area contributed by atoms with Gasteiger partial charge in [-0.25, -0.2) is 4.98 Å². The molecule has 1 aliphatic carbocycles. The van der Waals surface area contributed by atoms with Gasteiger partial charge in [-0.15, -0.1) is 0 Å². The summed E-state index contributed by atoms with van der Waals surface area (Å²) in [5, 5.41) is 0. The number of nitrogens with zero attached hydrogens (tertiary/aromatic N) is 1. The van der Waals surface area contributed by atoms with Crippen LogP contribution >= 0.6 is 0 Å². The number of rotatable bonds is 2. The largest absolute Gasteiger partial charge is 0.397 e. The van der Waals surface area contributed by atoms with E-state index in [4.69, 9.17) is 11.5 Å². The molecule has 0 radical (unpaired) electrons. The van der Waals surface area contributed by atoms with Crippen molar-refractivity contribution >= 4 is 11.6 Å². The van der Waals surface area contributed by atoms with Crippen LogP contribution in [0.1, 0.15) is 40.5 Å². The molecule has 0 spiro atoms. The summed E-state index contributed by atoms with van der Waals surface area (Å²) in [5.41, 5.74) is 13.5. The number of amides is 1. The van der Waals surface area contributed by atoms with Gasteiger partial charge in [0.25, 0.3) is 5.91 Å². The highest BCUT2D eigenvalue weighted by Crippen LogP contribution is 2.43. The third kappa shape index (κ3) is 1.43. The van der Waals surface area contributed by atoms with Crippen LogP contribution in [0.15, 0.2) is 6.07 Å². The number of carbonyl (C=O) groups is 1. The van der Waals surface area contributed by atoms with Crippen LogP contribution in [0, 0.1) is 6.92 Å². The SMILES string of the molecule is Cc1cc(C2CC2)c(N)c(C(N)=O)n1. The van der Waals surface area contributed by atoms with E-state index in [2.05, 4.69) is 4.98 Å². The molecule has 14 heavy (non-hydrogen) atoms. The highest BCUT2D eigenvalue weighted by atomic mass is 16.1. The van der Waals surface area contributed by atoms with E-state index >= 15 is 0 Å². The van der Waals surface area contributed by atoms with Crippen LogP contribution in [0.2, 0.25) is 0 Å². The van der Waals surface area contributed by atoms with Crippen LogP contribution in [0.3, 0.4) is 0 Å². The van der Waals surface area contributed by atoms with Crippen molar-refractivity contribution in [2.45, 2.75) is 25.7 Å². The van der Waals surface area contributed by atoms with Crippen LogP contribution in [-0.4, -0.2) is 10.9 Å². The summed E-state index contributed by atoms with van der Waals surface area (Å²) in [6.45, 7) is 1.84. The molecule has 0 aromatic carbocycles. The summed E-state index contributed by atoms with van der Waals surface area (Å²) in [5.74, 6) is -0.0390. The highest BCUT2D eigenvalue weighted by molar-refractivity contribution is 5.96. The number of primary amides is 1. The molecule has 1 fully saturated rings. The van der Waals surface area contributed by atoms with Crippen LogP contribution in [0.25, 0.3) is 0 Å². The fourth-order valence-corrected chi connectivity index (χ4v) is 1.63. The summed E-state index contributed by atoms with van der Waals surface area (Å²) in [4.78, 5) is 15.1. The van der Waals surface area contributed by atoms with Gasteiger partial charge in [0.15, 0.2) is 5.69 Å². The molecule has 1 saturated carbocycles. The third-order valence-corrected chi connectivity index (χ3v) is 2.47. The average Bonchev–Trinajstić information content (AvgIpc) is 2.91. The lowest BCUT2D eigenvalue weighted by Crippen LogP contribution is -2.17. The Morgan fingerprint density at radius 3 is 2.71 bits per heavy atom. The number of aryl methyl sites for hydroxylation is 1. The van der Waals surface area contributed by atoms with Crippen molar-refractivity contribution in [1.82, 2.24) is 4.98 Å². The van der Waals surface area contributed by atoms with E-state index < -0.39 is 5.91 Å². The topological polar surface area (TPSA) is 82.0 Å². The van der Waals surface area contributed by atoms with Crippen LogP contribution in [0.5, 0.6) is 0 Å². The lowest BCUT2D eigenvalue weighted by Gasteiger charge is -2.08. The van der Waals surface area contributed by atoms with Gasteiger partial charge in [-0.2, -0.15) is 0 Å². The Hall–Kier alpha value is -1.58. The molecule has 0 bridgehead atoms. The van der Waals surface area contributed by atoms with Gasteiger partial charge >= 0.3 is 0 Å². The first-order valence-electron chi connectivity index (χ1n) is 4.66. The minimum atomic E-state index is -0.548. The Labute approximate surface area is 82.3 Å². The monoisotopic (exact) mass is 191 g/mol. The Bertz CT molecular complexity index is 397. The standard InChI is InChI=1S/C10H13N3O/c1-5-4-7(6-2-3-6)8(11)9(13-5)10(12)14/h4,6H,2-3,11H2,1H3,(H2,12,14).